The van der Waals surface area contributed by atoms with Crippen molar-refractivity contribution in [2.75, 3.05) is 13.1 Å². The summed E-state index contributed by atoms with van der Waals surface area (Å²) >= 11 is 1.78. The Kier molecular flexibility index (Phi) is 5.00. The molecule has 0 aromatic carbocycles. The normalized spacial score (nSPS) is 12.3. The number of amides is 2. The molecule has 17 heavy (non-hydrogen) atoms. The third-order valence-corrected chi connectivity index (χ3v) is 3.92. The van der Waals surface area contributed by atoms with Crippen molar-refractivity contribution in [2.45, 2.75) is 40.7 Å². The zero-order chi connectivity index (χ0) is 13.0. The molecule has 1 rings (SSSR count). The van der Waals surface area contributed by atoms with Crippen molar-refractivity contribution in [1.29, 1.82) is 0 Å². The van der Waals surface area contributed by atoms with E-state index < -0.39 is 0 Å². The first-order chi connectivity index (χ1) is 7.99. The lowest BCUT2D eigenvalue weighted by atomic mass is 10.1. The molecular formula is C13H22N2OS. The molecule has 0 bridgehead atoms. The molecule has 1 atom stereocenters. The summed E-state index contributed by atoms with van der Waals surface area (Å²) in [5.41, 5.74) is 1.23. The topological polar surface area (TPSA) is 32.3 Å². The van der Waals surface area contributed by atoms with Gasteiger partial charge in [0.1, 0.15) is 0 Å². The molecule has 0 spiro atoms. The molecule has 1 heterocycles. The molecule has 1 aromatic rings. The zero-order valence-corrected chi connectivity index (χ0v) is 12.1. The van der Waals surface area contributed by atoms with Gasteiger partial charge in [0.15, 0.2) is 0 Å². The number of hydrogen-bond acceptors (Lipinski definition) is 2. The van der Waals surface area contributed by atoms with Crippen LogP contribution in [0.15, 0.2) is 6.07 Å². The van der Waals surface area contributed by atoms with E-state index in [-0.39, 0.29) is 12.1 Å². The largest absolute Gasteiger partial charge is 0.331 e. The van der Waals surface area contributed by atoms with E-state index in [9.17, 15) is 4.79 Å². The molecule has 0 saturated carbocycles. The maximum Gasteiger partial charge on any atom is 0.317 e. The average Bonchev–Trinajstić information content (AvgIpc) is 2.59. The number of carbonyl (C=O) groups excluding carboxylic acids is 1. The maximum atomic E-state index is 11.9. The van der Waals surface area contributed by atoms with Crippen molar-refractivity contribution < 1.29 is 4.79 Å². The molecule has 0 aliphatic carbocycles. The summed E-state index contributed by atoms with van der Waals surface area (Å²) in [6.07, 6.45) is 0. The smallest absolute Gasteiger partial charge is 0.317 e. The molecule has 4 heteroatoms. The maximum absolute atomic E-state index is 11.9. The van der Waals surface area contributed by atoms with Gasteiger partial charge in [0, 0.05) is 22.8 Å². The van der Waals surface area contributed by atoms with Crippen molar-refractivity contribution in [3.05, 3.63) is 21.4 Å². The molecule has 0 radical (unpaired) electrons. The van der Waals surface area contributed by atoms with Gasteiger partial charge >= 0.3 is 6.03 Å². The van der Waals surface area contributed by atoms with Gasteiger partial charge in [0.05, 0.1) is 6.04 Å². The Balaban J connectivity index is 2.69. The fourth-order valence-corrected chi connectivity index (χ4v) is 2.97. The van der Waals surface area contributed by atoms with Crippen molar-refractivity contribution in [3.8, 4) is 0 Å². The van der Waals surface area contributed by atoms with Gasteiger partial charge in [-0.2, -0.15) is 0 Å². The Morgan fingerprint density at radius 2 is 2.00 bits per heavy atom. The van der Waals surface area contributed by atoms with E-state index in [1.165, 1.54) is 15.3 Å². The minimum absolute atomic E-state index is 0.0192. The van der Waals surface area contributed by atoms with E-state index in [2.05, 4.69) is 25.2 Å². The van der Waals surface area contributed by atoms with Crippen molar-refractivity contribution >= 4 is 17.4 Å². The molecule has 0 aliphatic rings. The van der Waals surface area contributed by atoms with Gasteiger partial charge in [0.2, 0.25) is 0 Å². The van der Waals surface area contributed by atoms with Gasteiger partial charge in [-0.1, -0.05) is 0 Å². The highest BCUT2D eigenvalue weighted by Crippen LogP contribution is 2.26. The predicted octanol–water partition coefficient (Wildman–Crippen LogP) is 3.48. The number of nitrogens with zero attached hydrogens (tertiary/aromatic N) is 1. The fourth-order valence-electron chi connectivity index (χ4n) is 1.95. The number of carbonyl (C=O) groups is 1. The van der Waals surface area contributed by atoms with Gasteiger partial charge in [-0.05, 0) is 46.2 Å². The summed E-state index contributed by atoms with van der Waals surface area (Å²) in [7, 11) is 0. The second-order valence-corrected chi connectivity index (χ2v) is 5.67. The summed E-state index contributed by atoms with van der Waals surface area (Å²) in [6, 6.07) is 2.26. The highest BCUT2D eigenvalue weighted by Gasteiger charge is 2.16. The molecule has 1 unspecified atom stereocenters. The van der Waals surface area contributed by atoms with Crippen LogP contribution in [0.25, 0.3) is 0 Å². The Morgan fingerprint density at radius 1 is 1.41 bits per heavy atom. The van der Waals surface area contributed by atoms with Crippen LogP contribution in [0.1, 0.15) is 42.1 Å². The Hall–Kier alpha value is -1.03. The first-order valence-corrected chi connectivity index (χ1v) is 6.93. The summed E-state index contributed by atoms with van der Waals surface area (Å²) in [5, 5.41) is 3.05. The lowest BCUT2D eigenvalue weighted by Gasteiger charge is -2.22. The van der Waals surface area contributed by atoms with Crippen molar-refractivity contribution in [1.82, 2.24) is 10.2 Å². The lowest BCUT2D eigenvalue weighted by molar-refractivity contribution is 0.200. The summed E-state index contributed by atoms with van der Waals surface area (Å²) in [4.78, 5) is 16.3. The molecule has 0 aliphatic heterocycles. The van der Waals surface area contributed by atoms with Crippen LogP contribution in [0.4, 0.5) is 4.79 Å². The van der Waals surface area contributed by atoms with E-state index in [0.717, 1.165) is 13.1 Å². The summed E-state index contributed by atoms with van der Waals surface area (Å²) in [5.74, 6) is 0. The van der Waals surface area contributed by atoms with Crippen LogP contribution in [-0.4, -0.2) is 24.0 Å². The Labute approximate surface area is 108 Å². The lowest BCUT2D eigenvalue weighted by Crippen LogP contribution is -2.40. The number of thiophene rings is 1. The molecule has 0 fully saturated rings. The Morgan fingerprint density at radius 3 is 2.41 bits per heavy atom. The minimum atomic E-state index is 0.0192. The van der Waals surface area contributed by atoms with Crippen molar-refractivity contribution in [3.63, 3.8) is 0 Å². The van der Waals surface area contributed by atoms with Crippen molar-refractivity contribution in [2.24, 2.45) is 0 Å². The first-order valence-electron chi connectivity index (χ1n) is 6.11. The van der Waals surface area contributed by atoms with Gasteiger partial charge in [-0.15, -0.1) is 11.3 Å². The molecule has 1 aromatic heterocycles. The molecule has 3 nitrogen and oxygen atoms in total. The van der Waals surface area contributed by atoms with Crippen LogP contribution >= 0.6 is 11.3 Å². The van der Waals surface area contributed by atoms with E-state index in [1.54, 1.807) is 16.2 Å². The highest BCUT2D eigenvalue weighted by molar-refractivity contribution is 7.12. The SMILES string of the molecule is CCN(CC)C(=O)NC(C)c1cc(C)sc1C. The zero-order valence-electron chi connectivity index (χ0n) is 11.3. The van der Waals surface area contributed by atoms with Gasteiger partial charge in [-0.25, -0.2) is 4.79 Å². The quantitative estimate of drug-likeness (QED) is 0.876. The number of nitrogens with one attached hydrogen (secondary N) is 1. The number of aryl methyl sites for hydroxylation is 2. The van der Waals surface area contributed by atoms with Crippen LogP contribution in [0.3, 0.4) is 0 Å². The third-order valence-electron chi connectivity index (χ3n) is 2.94. The molecule has 1 N–H and O–H groups in total. The van der Waals surface area contributed by atoms with Crippen LogP contribution in [0, 0.1) is 13.8 Å². The van der Waals surface area contributed by atoms with E-state index in [1.807, 2.05) is 20.8 Å². The van der Waals surface area contributed by atoms with E-state index >= 15 is 0 Å². The monoisotopic (exact) mass is 254 g/mol. The molecule has 96 valence electrons. The fraction of sp³-hybridized carbons (Fsp3) is 0.615. The number of urea groups is 1. The standard InChI is InChI=1S/C13H22N2OS/c1-6-15(7-2)13(16)14-10(4)12-8-9(3)17-11(12)5/h8,10H,6-7H2,1-5H3,(H,14,16). The number of rotatable bonds is 4. The van der Waals surface area contributed by atoms with Gasteiger partial charge in [0.25, 0.3) is 0 Å². The molecule has 2 amide bonds. The average molecular weight is 254 g/mol. The predicted molar refractivity (Wildman–Crippen MR) is 73.7 cm³/mol. The minimum Gasteiger partial charge on any atom is -0.331 e. The number of hydrogen-bond donors (Lipinski definition) is 1. The van der Waals surface area contributed by atoms with Crippen LogP contribution in [0.5, 0.6) is 0 Å². The van der Waals surface area contributed by atoms with E-state index in [0.29, 0.717) is 0 Å². The first kappa shape index (κ1) is 14.0. The Bertz CT molecular complexity index is 383. The summed E-state index contributed by atoms with van der Waals surface area (Å²) < 4.78 is 0. The highest BCUT2D eigenvalue weighted by atomic mass is 32.1. The van der Waals surface area contributed by atoms with Crippen LogP contribution in [-0.2, 0) is 0 Å². The van der Waals surface area contributed by atoms with Crippen LogP contribution < -0.4 is 5.32 Å². The van der Waals surface area contributed by atoms with E-state index in [4.69, 9.17) is 0 Å². The summed E-state index contributed by atoms with van der Waals surface area (Å²) in [6.45, 7) is 11.7. The van der Waals surface area contributed by atoms with Gasteiger partial charge in [-0.3, -0.25) is 0 Å². The second-order valence-electron chi connectivity index (χ2n) is 4.21. The molecular weight excluding hydrogens is 232 g/mol. The molecule has 0 saturated heterocycles. The second kappa shape index (κ2) is 6.05. The third kappa shape index (κ3) is 3.46. The van der Waals surface area contributed by atoms with Gasteiger partial charge < -0.3 is 10.2 Å². The van der Waals surface area contributed by atoms with Crippen LogP contribution in [0.2, 0.25) is 0 Å².